The molecule has 3 nitrogen and oxygen atoms in total. The van der Waals surface area contributed by atoms with Crippen molar-refractivity contribution in [1.82, 2.24) is 0 Å². The molecule has 8 heteroatoms. The SMILES string of the molecule is [Na].[SiH3]O[SiH2]O[SiH2]O[SiH3]. The van der Waals surface area contributed by atoms with Crippen molar-refractivity contribution in [3.8, 4) is 0 Å². The van der Waals surface area contributed by atoms with Crippen molar-refractivity contribution in [2.24, 2.45) is 0 Å². The van der Waals surface area contributed by atoms with Crippen LogP contribution in [-0.2, 0) is 12.3 Å². The van der Waals surface area contributed by atoms with Gasteiger partial charge in [0.2, 0.25) is 0 Å². The van der Waals surface area contributed by atoms with Crippen LogP contribution in [0.25, 0.3) is 0 Å². The van der Waals surface area contributed by atoms with Gasteiger partial charge in [-0.2, -0.15) is 0 Å². The topological polar surface area (TPSA) is 27.7 Å². The zero-order valence-electron chi connectivity index (χ0n) is 5.64. The first-order chi connectivity index (χ1) is 3.41. The first-order valence-electron chi connectivity index (χ1n) is 1.97. The average molecular weight is 193 g/mol. The zero-order chi connectivity index (χ0) is 5.54. The van der Waals surface area contributed by atoms with Gasteiger partial charge in [-0.1, -0.05) is 0 Å². The van der Waals surface area contributed by atoms with E-state index in [9.17, 15) is 0 Å². The molecule has 0 spiro atoms. The fraction of sp³-hybridized carbons (Fsp3) is 0. The summed E-state index contributed by atoms with van der Waals surface area (Å²) < 4.78 is 14.8. The van der Waals surface area contributed by atoms with Gasteiger partial charge in [0.15, 0.2) is 0 Å². The second-order valence-corrected chi connectivity index (χ2v) is 7.74. The first kappa shape index (κ1) is 12.4. The molecule has 45 valence electrons. The van der Waals surface area contributed by atoms with Crippen LogP contribution in [0.2, 0.25) is 0 Å². The molecule has 0 aromatic heterocycles. The van der Waals surface area contributed by atoms with E-state index in [1.54, 1.807) is 0 Å². The van der Waals surface area contributed by atoms with E-state index in [2.05, 4.69) is 0 Å². The summed E-state index contributed by atoms with van der Waals surface area (Å²) >= 11 is 0. The van der Waals surface area contributed by atoms with Crippen LogP contribution < -0.4 is 0 Å². The van der Waals surface area contributed by atoms with Gasteiger partial charge in [-0.05, 0) is 0 Å². The molecule has 0 N–H and O–H groups in total. The molecular weight excluding hydrogens is 183 g/mol. The maximum Gasteiger partial charge on any atom is 0.284 e. The molecule has 0 heterocycles. The normalized spacial score (nSPS) is 12.0. The summed E-state index contributed by atoms with van der Waals surface area (Å²) in [6.07, 6.45) is 0. The monoisotopic (exact) mass is 193 g/mol. The Hall–Kier alpha value is 1.75. The molecule has 0 atom stereocenters. The quantitative estimate of drug-likeness (QED) is 0.331. The van der Waals surface area contributed by atoms with Crippen LogP contribution in [0.15, 0.2) is 0 Å². The van der Waals surface area contributed by atoms with Gasteiger partial charge in [-0.3, -0.25) is 0 Å². The summed E-state index contributed by atoms with van der Waals surface area (Å²) in [6, 6.07) is 0. The predicted molar refractivity (Wildman–Crippen MR) is 46.0 cm³/mol. The Morgan fingerprint density at radius 3 is 1.62 bits per heavy atom. The Balaban J connectivity index is 0. The standard InChI is InChI=1S/Na.H10O3Si4/c;4-1-6-3-7-2-5/h;6-7H2,4-5H3. The van der Waals surface area contributed by atoms with Crippen LogP contribution in [0.1, 0.15) is 0 Å². The van der Waals surface area contributed by atoms with Gasteiger partial charge >= 0.3 is 0 Å². The Kier molecular flexibility index (Phi) is 17.9. The van der Waals surface area contributed by atoms with Crippen molar-refractivity contribution in [2.45, 2.75) is 0 Å². The summed E-state index contributed by atoms with van der Waals surface area (Å²) in [4.78, 5) is 0. The predicted octanol–water partition coefficient (Wildman–Crippen LogP) is -4.79. The van der Waals surface area contributed by atoms with E-state index in [4.69, 9.17) is 12.3 Å². The maximum absolute atomic E-state index is 5.03. The minimum absolute atomic E-state index is 0. The maximum atomic E-state index is 5.03. The molecule has 0 aliphatic carbocycles. The summed E-state index contributed by atoms with van der Waals surface area (Å²) in [5.74, 6) is 0. The van der Waals surface area contributed by atoms with Crippen molar-refractivity contribution in [3.63, 3.8) is 0 Å². The summed E-state index contributed by atoms with van der Waals surface area (Å²) in [7, 11) is 0.504. The fourth-order valence-corrected chi connectivity index (χ4v) is 4.81. The molecule has 0 aromatic rings. The Morgan fingerprint density at radius 1 is 1.00 bits per heavy atom. The van der Waals surface area contributed by atoms with Crippen molar-refractivity contribution >= 4 is 70.5 Å². The van der Waals surface area contributed by atoms with Gasteiger partial charge in [-0.15, -0.1) is 0 Å². The molecule has 0 aliphatic rings. The molecular formula is H10NaO3Si4. The summed E-state index contributed by atoms with van der Waals surface area (Å²) in [5, 5.41) is 0. The zero-order valence-corrected chi connectivity index (χ0v) is 14.5. The van der Waals surface area contributed by atoms with E-state index < -0.39 is 20.0 Å². The second kappa shape index (κ2) is 11.5. The van der Waals surface area contributed by atoms with Crippen LogP contribution >= 0.6 is 0 Å². The van der Waals surface area contributed by atoms with E-state index in [1.807, 2.05) is 0 Å². The number of hydrogen-bond acceptors (Lipinski definition) is 3. The Morgan fingerprint density at radius 2 is 1.38 bits per heavy atom. The molecule has 8 heavy (non-hydrogen) atoms. The van der Waals surface area contributed by atoms with E-state index in [1.165, 1.54) is 0 Å². The third kappa shape index (κ3) is 10.7. The molecule has 0 aliphatic heterocycles. The van der Waals surface area contributed by atoms with Crippen LogP contribution in [0.3, 0.4) is 0 Å². The van der Waals surface area contributed by atoms with Crippen LogP contribution in [0.5, 0.6) is 0 Å². The molecule has 0 saturated heterocycles. The number of rotatable bonds is 4. The van der Waals surface area contributed by atoms with Gasteiger partial charge in [0.25, 0.3) is 20.0 Å². The largest absolute Gasteiger partial charge is 0.449 e. The molecule has 0 unspecified atom stereocenters. The summed E-state index contributed by atoms with van der Waals surface area (Å²) in [5.41, 5.74) is 0. The first-order valence-corrected chi connectivity index (χ1v) is 5.91. The van der Waals surface area contributed by atoms with Gasteiger partial charge in [0.1, 0.15) is 21.0 Å². The molecule has 0 saturated carbocycles. The van der Waals surface area contributed by atoms with E-state index in [0.29, 0.717) is 0 Å². The van der Waals surface area contributed by atoms with Gasteiger partial charge in [0.05, 0.1) is 0 Å². The van der Waals surface area contributed by atoms with Crippen LogP contribution in [0.4, 0.5) is 0 Å². The molecule has 0 aromatic carbocycles. The fourth-order valence-electron chi connectivity index (χ4n) is 0.201. The second-order valence-electron chi connectivity index (χ2n) is 1.02. The van der Waals surface area contributed by atoms with Gasteiger partial charge in [0, 0.05) is 29.6 Å². The van der Waals surface area contributed by atoms with Crippen molar-refractivity contribution in [1.29, 1.82) is 0 Å². The van der Waals surface area contributed by atoms with Crippen molar-refractivity contribution in [2.75, 3.05) is 0 Å². The van der Waals surface area contributed by atoms with Crippen LogP contribution in [0, 0.1) is 0 Å². The van der Waals surface area contributed by atoms with Crippen LogP contribution in [-0.4, -0.2) is 70.5 Å². The summed E-state index contributed by atoms with van der Waals surface area (Å²) in [6.45, 7) is 0. The Bertz CT molecular complexity index is 30.5. The Labute approximate surface area is 82.4 Å². The van der Waals surface area contributed by atoms with Gasteiger partial charge < -0.3 is 12.3 Å². The third-order valence-electron chi connectivity index (χ3n) is 0.402. The van der Waals surface area contributed by atoms with E-state index in [0.717, 1.165) is 21.0 Å². The molecule has 1 radical (unpaired) electrons. The molecule has 0 rings (SSSR count). The third-order valence-corrected chi connectivity index (χ3v) is 3.62. The molecule has 0 fully saturated rings. The van der Waals surface area contributed by atoms with Crippen molar-refractivity contribution < 1.29 is 12.3 Å². The average Bonchev–Trinajstić information content (AvgIpc) is 1.69. The molecule has 0 bridgehead atoms. The smallest absolute Gasteiger partial charge is 0.284 e. The minimum atomic E-state index is -0.569. The van der Waals surface area contributed by atoms with Crippen molar-refractivity contribution in [3.05, 3.63) is 0 Å². The van der Waals surface area contributed by atoms with E-state index in [-0.39, 0.29) is 29.6 Å². The minimum Gasteiger partial charge on any atom is -0.449 e. The van der Waals surface area contributed by atoms with Gasteiger partial charge in [-0.25, -0.2) is 0 Å². The molecule has 0 amide bonds. The van der Waals surface area contributed by atoms with E-state index >= 15 is 0 Å². The number of hydrogen-bond donors (Lipinski definition) is 0.